The Labute approximate surface area is 224 Å². The largest absolute Gasteiger partial charge is 0.506 e. The van der Waals surface area contributed by atoms with Crippen LogP contribution in [0.25, 0.3) is 5.76 Å². The zero-order valence-corrected chi connectivity index (χ0v) is 22.5. The standard InChI is InChI=1S/C30H32N2O5S/c1-19(2)15-16-30(3)23-12-8-7-11-22(23)27(33)26(28(30)34)29-31-24-14-13-21(17-25(24)38(35,36)32-29)37-18-20-9-5-4-6-10-20/h4-14,17,19,33,35-36H,15-16,18H2,1-3H3,(H,31,32). The Kier molecular flexibility index (Phi) is 6.81. The fourth-order valence-electron chi connectivity index (χ4n) is 4.95. The number of rotatable bonds is 7. The summed E-state index contributed by atoms with van der Waals surface area (Å²) in [5, 5.41) is 14.3. The van der Waals surface area contributed by atoms with Crippen LogP contribution in [-0.2, 0) is 16.8 Å². The predicted octanol–water partition coefficient (Wildman–Crippen LogP) is 7.36. The van der Waals surface area contributed by atoms with Crippen LogP contribution in [0.15, 0.2) is 87.7 Å². The molecule has 0 spiro atoms. The van der Waals surface area contributed by atoms with Gasteiger partial charge in [-0.05, 0) is 48.9 Å². The molecule has 0 fully saturated rings. The Bertz CT molecular complexity index is 1450. The van der Waals surface area contributed by atoms with Gasteiger partial charge in [0.1, 0.15) is 28.6 Å². The van der Waals surface area contributed by atoms with Crippen molar-refractivity contribution < 1.29 is 23.7 Å². The topological polar surface area (TPSA) is 111 Å². The first kappa shape index (κ1) is 26.0. The van der Waals surface area contributed by atoms with Crippen molar-refractivity contribution in [3.63, 3.8) is 0 Å². The van der Waals surface area contributed by atoms with E-state index in [2.05, 4.69) is 23.6 Å². The third-order valence-electron chi connectivity index (χ3n) is 7.17. The molecule has 0 aromatic heterocycles. The molecule has 7 nitrogen and oxygen atoms in total. The maximum Gasteiger partial charge on any atom is 0.180 e. The van der Waals surface area contributed by atoms with Crippen LogP contribution in [0.1, 0.15) is 50.3 Å². The Hall–Kier alpha value is -3.59. The minimum Gasteiger partial charge on any atom is -0.506 e. The van der Waals surface area contributed by atoms with Crippen LogP contribution in [0.4, 0.5) is 5.69 Å². The van der Waals surface area contributed by atoms with Crippen molar-refractivity contribution in [1.82, 2.24) is 0 Å². The van der Waals surface area contributed by atoms with Crippen LogP contribution in [0.2, 0.25) is 0 Å². The number of hydrogen-bond acceptors (Lipinski definition) is 7. The fourth-order valence-corrected chi connectivity index (χ4v) is 6.13. The number of Topliss-reactive ketones (excluding diaryl/α,β-unsaturated/α-hetero) is 1. The average molecular weight is 533 g/mol. The quantitative estimate of drug-likeness (QED) is 0.253. The molecule has 8 heteroatoms. The number of ketones is 1. The van der Waals surface area contributed by atoms with E-state index in [1.54, 1.807) is 30.3 Å². The summed E-state index contributed by atoms with van der Waals surface area (Å²) in [5.74, 6) is 0.265. The van der Waals surface area contributed by atoms with Gasteiger partial charge in [-0.25, -0.2) is 0 Å². The summed E-state index contributed by atoms with van der Waals surface area (Å²) in [6.07, 6.45) is 1.40. The zero-order valence-electron chi connectivity index (χ0n) is 21.6. The first-order valence-electron chi connectivity index (χ1n) is 12.6. The second-order valence-electron chi connectivity index (χ2n) is 10.4. The van der Waals surface area contributed by atoms with Crippen molar-refractivity contribution in [2.45, 2.75) is 50.5 Å². The van der Waals surface area contributed by atoms with Crippen molar-refractivity contribution in [2.24, 2.45) is 10.3 Å². The molecule has 1 heterocycles. The molecule has 5 rings (SSSR count). The molecule has 3 aromatic rings. The molecule has 198 valence electrons. The molecular formula is C30H32N2O5S. The molecule has 1 unspecified atom stereocenters. The van der Waals surface area contributed by atoms with Crippen LogP contribution < -0.4 is 10.1 Å². The van der Waals surface area contributed by atoms with Crippen LogP contribution in [0.3, 0.4) is 0 Å². The van der Waals surface area contributed by atoms with Gasteiger partial charge in [0.2, 0.25) is 0 Å². The van der Waals surface area contributed by atoms with Gasteiger partial charge < -0.3 is 15.2 Å². The Balaban J connectivity index is 1.50. The normalized spacial score (nSPS) is 20.8. The van der Waals surface area contributed by atoms with E-state index >= 15 is 0 Å². The molecule has 38 heavy (non-hydrogen) atoms. The molecule has 1 atom stereocenters. The third kappa shape index (κ3) is 4.71. The maximum absolute atomic E-state index is 14.0. The number of nitrogens with one attached hydrogen (secondary N) is 1. The summed E-state index contributed by atoms with van der Waals surface area (Å²) in [6, 6.07) is 21.9. The van der Waals surface area contributed by atoms with Gasteiger partial charge in [-0.3, -0.25) is 13.9 Å². The molecule has 4 N–H and O–H groups in total. The van der Waals surface area contributed by atoms with Gasteiger partial charge in [0, 0.05) is 11.6 Å². The minimum atomic E-state index is -3.69. The van der Waals surface area contributed by atoms with Crippen molar-refractivity contribution in [1.29, 1.82) is 0 Å². The molecule has 2 aliphatic rings. The number of hydrogen-bond donors (Lipinski definition) is 4. The monoisotopic (exact) mass is 532 g/mol. The molecule has 0 radical (unpaired) electrons. The number of amidine groups is 1. The lowest BCUT2D eigenvalue weighted by Gasteiger charge is -2.39. The van der Waals surface area contributed by atoms with E-state index in [0.717, 1.165) is 17.5 Å². The van der Waals surface area contributed by atoms with E-state index in [1.165, 1.54) is 0 Å². The van der Waals surface area contributed by atoms with Gasteiger partial charge in [0.15, 0.2) is 11.6 Å². The second kappa shape index (κ2) is 9.94. The number of nitrogens with zero attached hydrogens (tertiary/aromatic N) is 1. The molecule has 0 bridgehead atoms. The lowest BCUT2D eigenvalue weighted by atomic mass is 9.66. The van der Waals surface area contributed by atoms with Gasteiger partial charge in [-0.2, -0.15) is 0 Å². The first-order chi connectivity index (χ1) is 18.1. The average Bonchev–Trinajstić information content (AvgIpc) is 2.90. The Morgan fingerprint density at radius 1 is 1.03 bits per heavy atom. The van der Waals surface area contributed by atoms with Crippen LogP contribution in [-0.4, -0.2) is 25.8 Å². The van der Waals surface area contributed by atoms with E-state index in [4.69, 9.17) is 4.74 Å². The predicted molar refractivity (Wildman–Crippen MR) is 152 cm³/mol. The van der Waals surface area contributed by atoms with Crippen LogP contribution >= 0.6 is 10.8 Å². The molecule has 3 aromatic carbocycles. The van der Waals surface area contributed by atoms with E-state index in [0.29, 0.717) is 35.9 Å². The summed E-state index contributed by atoms with van der Waals surface area (Å²) in [7, 11) is -3.69. The smallest absolute Gasteiger partial charge is 0.180 e. The second-order valence-corrected chi connectivity index (χ2v) is 12.0. The van der Waals surface area contributed by atoms with Gasteiger partial charge in [0.25, 0.3) is 0 Å². The van der Waals surface area contributed by atoms with Gasteiger partial charge in [0.05, 0.1) is 11.1 Å². The zero-order chi connectivity index (χ0) is 27.1. The van der Waals surface area contributed by atoms with Gasteiger partial charge in [-0.15, -0.1) is 4.40 Å². The third-order valence-corrected chi connectivity index (χ3v) is 8.53. The summed E-state index contributed by atoms with van der Waals surface area (Å²) in [4.78, 5) is 14.2. The summed E-state index contributed by atoms with van der Waals surface area (Å²) in [5.41, 5.74) is 1.74. The lowest BCUT2D eigenvalue weighted by molar-refractivity contribution is -0.120. The van der Waals surface area contributed by atoms with Gasteiger partial charge >= 0.3 is 0 Å². The van der Waals surface area contributed by atoms with Crippen molar-refractivity contribution in [2.75, 3.05) is 5.32 Å². The Morgan fingerprint density at radius 2 is 1.74 bits per heavy atom. The number of anilines is 1. The lowest BCUT2D eigenvalue weighted by Crippen LogP contribution is -2.42. The SMILES string of the molecule is CC(C)CCC1(C)C(=O)C(C2=NS(O)(O)c3cc(OCc4ccccc4)ccc3N2)=C(O)c2ccccc21. The van der Waals surface area contributed by atoms with Crippen molar-refractivity contribution in [3.05, 3.63) is 95.1 Å². The van der Waals surface area contributed by atoms with Gasteiger partial charge in [-0.1, -0.05) is 79.2 Å². The summed E-state index contributed by atoms with van der Waals surface area (Å²) >= 11 is 0. The number of aliphatic hydroxyl groups is 1. The van der Waals surface area contributed by atoms with E-state index < -0.39 is 16.2 Å². The molecular weight excluding hydrogens is 500 g/mol. The summed E-state index contributed by atoms with van der Waals surface area (Å²) in [6.45, 7) is 6.42. The van der Waals surface area contributed by atoms with Crippen LogP contribution in [0, 0.1) is 5.92 Å². The number of fused-ring (bicyclic) bond motifs is 2. The number of carbonyl (C=O) groups is 1. The molecule has 0 saturated carbocycles. The minimum absolute atomic E-state index is 0.0371. The highest BCUT2D eigenvalue weighted by Crippen LogP contribution is 2.57. The first-order valence-corrected chi connectivity index (χ1v) is 14.1. The number of aliphatic hydroxyl groups excluding tert-OH is 1. The number of ether oxygens (including phenoxy) is 1. The van der Waals surface area contributed by atoms with Crippen LogP contribution in [0.5, 0.6) is 5.75 Å². The van der Waals surface area contributed by atoms with E-state index in [9.17, 15) is 19.0 Å². The molecule has 1 aliphatic heterocycles. The van der Waals surface area contributed by atoms with Crippen molar-refractivity contribution >= 4 is 33.8 Å². The highest BCUT2D eigenvalue weighted by atomic mass is 32.3. The molecule has 1 aliphatic carbocycles. The summed E-state index contributed by atoms with van der Waals surface area (Å²) < 4.78 is 32.1. The Morgan fingerprint density at radius 3 is 2.47 bits per heavy atom. The molecule has 0 saturated heterocycles. The number of carbonyl (C=O) groups excluding carboxylic acids is 1. The highest BCUT2D eigenvalue weighted by molar-refractivity contribution is 8.23. The molecule has 0 amide bonds. The highest BCUT2D eigenvalue weighted by Gasteiger charge is 2.46. The maximum atomic E-state index is 14.0. The number of benzene rings is 3. The van der Waals surface area contributed by atoms with E-state index in [-0.39, 0.29) is 27.8 Å². The van der Waals surface area contributed by atoms with Crippen molar-refractivity contribution in [3.8, 4) is 5.75 Å². The fraction of sp³-hybridized carbons (Fsp3) is 0.267. The van der Waals surface area contributed by atoms with E-state index in [1.807, 2.05) is 49.4 Å².